The van der Waals surface area contributed by atoms with Crippen molar-refractivity contribution in [3.63, 3.8) is 0 Å². The highest BCUT2D eigenvalue weighted by atomic mass is 32.2. The molecule has 0 fully saturated rings. The summed E-state index contributed by atoms with van der Waals surface area (Å²) in [5, 5.41) is 13.3. The summed E-state index contributed by atoms with van der Waals surface area (Å²) in [6.45, 7) is 5.35. The molecule has 0 saturated carbocycles. The molecule has 0 aliphatic carbocycles. The second-order valence-electron chi connectivity index (χ2n) is 6.01. The van der Waals surface area contributed by atoms with E-state index in [9.17, 15) is 18.3 Å². The van der Waals surface area contributed by atoms with Gasteiger partial charge >= 0.3 is 5.97 Å². The maximum atomic E-state index is 12.9. The Morgan fingerprint density at radius 1 is 1.32 bits per heavy atom. The van der Waals surface area contributed by atoms with Gasteiger partial charge in [-0.2, -0.15) is 5.10 Å². The first-order valence-corrected chi connectivity index (χ1v) is 9.55. The monoisotopic (exact) mass is 365 g/mol. The van der Waals surface area contributed by atoms with E-state index in [4.69, 9.17) is 0 Å². The zero-order chi connectivity index (χ0) is 18.8. The molecule has 0 unspecified atom stereocenters. The lowest BCUT2D eigenvalue weighted by atomic mass is 10.0. The van der Waals surface area contributed by atoms with Crippen molar-refractivity contribution in [2.24, 2.45) is 7.05 Å². The number of aromatic carboxylic acids is 1. The SMILES string of the molecule is CCCCc1ccc(C(=O)O)cc1NS(=O)(=O)c1c(C)nn(C)c1C. The van der Waals surface area contributed by atoms with Crippen LogP contribution in [0, 0.1) is 13.8 Å². The third-order valence-electron chi connectivity index (χ3n) is 4.11. The molecule has 2 aromatic rings. The van der Waals surface area contributed by atoms with Crippen molar-refractivity contribution in [1.29, 1.82) is 0 Å². The van der Waals surface area contributed by atoms with Crippen LogP contribution in [-0.2, 0) is 23.5 Å². The van der Waals surface area contributed by atoms with Gasteiger partial charge in [0, 0.05) is 7.05 Å². The van der Waals surface area contributed by atoms with Crippen LogP contribution in [0.5, 0.6) is 0 Å². The Morgan fingerprint density at radius 3 is 2.52 bits per heavy atom. The van der Waals surface area contributed by atoms with E-state index in [-0.39, 0.29) is 10.5 Å². The number of hydrogen-bond donors (Lipinski definition) is 2. The maximum absolute atomic E-state index is 12.9. The lowest BCUT2D eigenvalue weighted by Crippen LogP contribution is -2.16. The number of carboxylic acids is 1. The zero-order valence-electron chi connectivity index (χ0n) is 14.8. The molecule has 2 rings (SSSR count). The van der Waals surface area contributed by atoms with Gasteiger partial charge in [-0.3, -0.25) is 9.40 Å². The van der Waals surface area contributed by atoms with E-state index in [2.05, 4.69) is 9.82 Å². The van der Waals surface area contributed by atoms with Gasteiger partial charge in [0.2, 0.25) is 0 Å². The smallest absolute Gasteiger partial charge is 0.335 e. The molecule has 8 heteroatoms. The summed E-state index contributed by atoms with van der Waals surface area (Å²) in [5.41, 5.74) is 2.04. The number of sulfonamides is 1. The highest BCUT2D eigenvalue weighted by Gasteiger charge is 2.25. The predicted octanol–water partition coefficient (Wildman–Crippen LogP) is 2.88. The number of anilines is 1. The third-order valence-corrected chi connectivity index (χ3v) is 5.73. The van der Waals surface area contributed by atoms with Gasteiger partial charge in [-0.05, 0) is 44.4 Å². The number of benzene rings is 1. The zero-order valence-corrected chi connectivity index (χ0v) is 15.6. The highest BCUT2D eigenvalue weighted by molar-refractivity contribution is 7.92. The molecule has 0 bridgehead atoms. The first-order chi connectivity index (χ1) is 11.7. The third kappa shape index (κ3) is 4.01. The van der Waals surface area contributed by atoms with Gasteiger partial charge in [0.15, 0.2) is 0 Å². The molecule has 0 spiro atoms. The van der Waals surface area contributed by atoms with Gasteiger partial charge in [0.25, 0.3) is 10.0 Å². The van der Waals surface area contributed by atoms with Crippen molar-refractivity contribution in [2.75, 3.05) is 4.72 Å². The average molecular weight is 365 g/mol. The summed E-state index contributed by atoms with van der Waals surface area (Å²) in [7, 11) is -2.19. The van der Waals surface area contributed by atoms with Gasteiger partial charge in [0.1, 0.15) is 4.90 Å². The fourth-order valence-corrected chi connectivity index (χ4v) is 4.26. The van der Waals surface area contributed by atoms with Crippen molar-refractivity contribution in [1.82, 2.24) is 9.78 Å². The molecule has 1 aromatic heterocycles. The van der Waals surface area contributed by atoms with Gasteiger partial charge in [-0.1, -0.05) is 19.4 Å². The first-order valence-electron chi connectivity index (χ1n) is 8.06. The Balaban J connectivity index is 2.49. The normalized spacial score (nSPS) is 11.5. The molecule has 0 atom stereocenters. The molecule has 0 saturated heterocycles. The Morgan fingerprint density at radius 2 is 2.00 bits per heavy atom. The van der Waals surface area contributed by atoms with Crippen LogP contribution in [0.4, 0.5) is 5.69 Å². The van der Waals surface area contributed by atoms with E-state index in [0.717, 1.165) is 18.4 Å². The van der Waals surface area contributed by atoms with Crippen LogP contribution < -0.4 is 4.72 Å². The van der Waals surface area contributed by atoms with Crippen LogP contribution >= 0.6 is 0 Å². The Kier molecular flexibility index (Phi) is 5.52. The largest absolute Gasteiger partial charge is 0.478 e. The lowest BCUT2D eigenvalue weighted by molar-refractivity contribution is 0.0697. The quantitative estimate of drug-likeness (QED) is 0.785. The number of aryl methyl sites for hydroxylation is 3. The predicted molar refractivity (Wildman–Crippen MR) is 95.5 cm³/mol. The number of carbonyl (C=O) groups is 1. The second-order valence-corrected chi connectivity index (χ2v) is 7.63. The van der Waals surface area contributed by atoms with E-state index >= 15 is 0 Å². The Labute approximate surface area is 147 Å². The summed E-state index contributed by atoms with van der Waals surface area (Å²) in [4.78, 5) is 11.4. The minimum absolute atomic E-state index is 0.0394. The Bertz CT molecular complexity index is 901. The molecule has 1 heterocycles. The van der Waals surface area contributed by atoms with Crippen molar-refractivity contribution in [3.05, 3.63) is 40.7 Å². The molecule has 0 aliphatic rings. The lowest BCUT2D eigenvalue weighted by Gasteiger charge is -2.14. The van der Waals surface area contributed by atoms with E-state index in [1.807, 2.05) is 6.92 Å². The molecule has 136 valence electrons. The number of nitrogens with one attached hydrogen (secondary N) is 1. The van der Waals surface area contributed by atoms with Gasteiger partial charge in [-0.25, -0.2) is 13.2 Å². The van der Waals surface area contributed by atoms with Crippen molar-refractivity contribution >= 4 is 21.7 Å². The minimum Gasteiger partial charge on any atom is -0.478 e. The molecule has 0 radical (unpaired) electrons. The number of unbranched alkanes of at least 4 members (excludes halogenated alkanes) is 1. The van der Waals surface area contributed by atoms with Crippen LogP contribution in [0.3, 0.4) is 0 Å². The van der Waals surface area contributed by atoms with Gasteiger partial charge in [-0.15, -0.1) is 0 Å². The van der Waals surface area contributed by atoms with Gasteiger partial charge < -0.3 is 5.11 Å². The molecule has 0 aliphatic heterocycles. The number of rotatable bonds is 7. The fourth-order valence-electron chi connectivity index (χ4n) is 2.73. The molecule has 7 nitrogen and oxygen atoms in total. The van der Waals surface area contributed by atoms with Gasteiger partial charge in [0.05, 0.1) is 22.6 Å². The summed E-state index contributed by atoms with van der Waals surface area (Å²) >= 11 is 0. The van der Waals surface area contributed by atoms with Crippen molar-refractivity contribution in [2.45, 2.75) is 44.9 Å². The van der Waals surface area contributed by atoms with E-state index in [0.29, 0.717) is 23.5 Å². The van der Waals surface area contributed by atoms with Crippen LogP contribution in [0.2, 0.25) is 0 Å². The van der Waals surface area contributed by atoms with Crippen molar-refractivity contribution in [3.8, 4) is 0 Å². The number of carboxylic acid groups (broad SMARTS) is 1. The van der Waals surface area contributed by atoms with E-state index in [1.54, 1.807) is 27.0 Å². The summed E-state index contributed by atoms with van der Waals surface area (Å²) in [6.07, 6.45) is 2.50. The molecular formula is C17H23N3O4S. The molecule has 1 aromatic carbocycles. The molecule has 2 N–H and O–H groups in total. The summed E-state index contributed by atoms with van der Waals surface area (Å²) in [6, 6.07) is 4.53. The minimum atomic E-state index is -3.87. The van der Waals surface area contributed by atoms with Crippen LogP contribution in [0.15, 0.2) is 23.1 Å². The summed E-state index contributed by atoms with van der Waals surface area (Å²) in [5.74, 6) is -1.10. The van der Waals surface area contributed by atoms with E-state index in [1.165, 1.54) is 16.8 Å². The van der Waals surface area contributed by atoms with Crippen LogP contribution in [0.1, 0.15) is 47.1 Å². The topological polar surface area (TPSA) is 101 Å². The standard InChI is InChI=1S/C17H23N3O4S/c1-5-6-7-13-8-9-14(17(21)22)10-15(13)19-25(23,24)16-11(2)18-20(4)12(16)3/h8-10,19H,5-7H2,1-4H3,(H,21,22). The summed E-state index contributed by atoms with van der Waals surface area (Å²) < 4.78 is 29.8. The number of nitrogens with zero attached hydrogens (tertiary/aromatic N) is 2. The first kappa shape index (κ1) is 19.0. The number of hydrogen-bond acceptors (Lipinski definition) is 4. The molecule has 0 amide bonds. The van der Waals surface area contributed by atoms with Crippen molar-refractivity contribution < 1.29 is 18.3 Å². The fraction of sp³-hybridized carbons (Fsp3) is 0.412. The maximum Gasteiger partial charge on any atom is 0.335 e. The van der Waals surface area contributed by atoms with Crippen LogP contribution in [0.25, 0.3) is 0 Å². The van der Waals surface area contributed by atoms with E-state index < -0.39 is 16.0 Å². The second kappa shape index (κ2) is 7.26. The average Bonchev–Trinajstić information content (AvgIpc) is 2.78. The van der Waals surface area contributed by atoms with Crippen LogP contribution in [-0.4, -0.2) is 29.3 Å². The Hall–Kier alpha value is -2.35. The molecule has 25 heavy (non-hydrogen) atoms. The number of aromatic nitrogens is 2. The highest BCUT2D eigenvalue weighted by Crippen LogP contribution is 2.26. The molecular weight excluding hydrogens is 342 g/mol.